The quantitative estimate of drug-likeness (QED) is 0.556. The van der Waals surface area contributed by atoms with Crippen molar-refractivity contribution in [2.75, 3.05) is 18.8 Å². The molecular formula is C18H24N2O3S2. The van der Waals surface area contributed by atoms with Gasteiger partial charge in [0.25, 0.3) is 0 Å². The van der Waals surface area contributed by atoms with Gasteiger partial charge in [-0.15, -0.1) is 0 Å². The van der Waals surface area contributed by atoms with Crippen molar-refractivity contribution in [2.45, 2.75) is 37.9 Å². The van der Waals surface area contributed by atoms with Crippen molar-refractivity contribution in [1.29, 1.82) is 0 Å². The first-order valence-corrected chi connectivity index (χ1v) is 11.0. The van der Waals surface area contributed by atoms with Gasteiger partial charge < -0.3 is 5.32 Å². The van der Waals surface area contributed by atoms with E-state index in [2.05, 4.69) is 22.1 Å². The summed E-state index contributed by atoms with van der Waals surface area (Å²) in [6, 6.07) is 2.11. The Kier molecular flexibility index (Phi) is 6.53. The molecule has 1 saturated carbocycles. The van der Waals surface area contributed by atoms with Gasteiger partial charge >= 0.3 is 0 Å². The predicted molar refractivity (Wildman–Crippen MR) is 100 cm³/mol. The van der Waals surface area contributed by atoms with E-state index in [0.29, 0.717) is 6.54 Å². The molecule has 0 unspecified atom stereocenters. The van der Waals surface area contributed by atoms with Crippen molar-refractivity contribution >= 4 is 40.8 Å². The van der Waals surface area contributed by atoms with Gasteiger partial charge in [-0.3, -0.25) is 19.3 Å². The molecule has 1 aliphatic carbocycles. The van der Waals surface area contributed by atoms with Gasteiger partial charge in [-0.2, -0.15) is 23.1 Å². The van der Waals surface area contributed by atoms with Gasteiger partial charge in [0, 0.05) is 31.0 Å². The van der Waals surface area contributed by atoms with Crippen LogP contribution in [0.25, 0.3) is 0 Å². The summed E-state index contributed by atoms with van der Waals surface area (Å²) in [5.74, 6) is 1.34. The molecular weight excluding hydrogens is 356 g/mol. The molecule has 3 amide bonds. The molecule has 2 heterocycles. The summed E-state index contributed by atoms with van der Waals surface area (Å²) < 4.78 is 0. The minimum Gasteiger partial charge on any atom is -0.355 e. The highest BCUT2D eigenvalue weighted by Gasteiger charge is 2.47. The van der Waals surface area contributed by atoms with E-state index in [4.69, 9.17) is 0 Å². The fourth-order valence-corrected chi connectivity index (χ4v) is 5.16. The number of amides is 3. The maximum absolute atomic E-state index is 12.3. The molecule has 2 atom stereocenters. The molecule has 1 saturated heterocycles. The number of thioether (sulfide) groups is 1. The Hall–Kier alpha value is -1.34. The Morgan fingerprint density at radius 1 is 1.24 bits per heavy atom. The van der Waals surface area contributed by atoms with E-state index in [1.54, 1.807) is 23.1 Å². The smallest absolute Gasteiger partial charge is 0.233 e. The van der Waals surface area contributed by atoms with Crippen LogP contribution in [0.4, 0.5) is 0 Å². The van der Waals surface area contributed by atoms with Crippen LogP contribution >= 0.6 is 23.1 Å². The standard InChI is InChI=1S/C18H24N2O3S2/c21-16(19-7-10-25-12-13-6-9-24-11-13)5-8-20-17(22)14-3-1-2-4-15(14)18(20)23/h6,9,11,14-15H,1-5,7-8,10,12H2,(H,19,21)/t14-,15+. The third kappa shape index (κ3) is 4.64. The van der Waals surface area contributed by atoms with E-state index in [-0.39, 0.29) is 42.5 Å². The molecule has 2 fully saturated rings. The summed E-state index contributed by atoms with van der Waals surface area (Å²) >= 11 is 3.48. The highest BCUT2D eigenvalue weighted by Crippen LogP contribution is 2.37. The van der Waals surface area contributed by atoms with Crippen molar-refractivity contribution in [3.05, 3.63) is 22.4 Å². The van der Waals surface area contributed by atoms with Crippen LogP contribution in [0.15, 0.2) is 16.8 Å². The second kappa shape index (κ2) is 8.85. The molecule has 1 aromatic rings. The van der Waals surface area contributed by atoms with Crippen LogP contribution in [0.5, 0.6) is 0 Å². The highest BCUT2D eigenvalue weighted by molar-refractivity contribution is 7.98. The summed E-state index contributed by atoms with van der Waals surface area (Å²) in [6.07, 6.45) is 3.89. The second-order valence-corrected chi connectivity index (χ2v) is 8.49. The fraction of sp³-hybridized carbons (Fsp3) is 0.611. The van der Waals surface area contributed by atoms with Gasteiger partial charge in [-0.05, 0) is 35.2 Å². The molecule has 0 bridgehead atoms. The molecule has 2 aliphatic rings. The van der Waals surface area contributed by atoms with Gasteiger partial charge in [-0.1, -0.05) is 12.8 Å². The van der Waals surface area contributed by atoms with Crippen molar-refractivity contribution in [1.82, 2.24) is 10.2 Å². The van der Waals surface area contributed by atoms with Crippen molar-refractivity contribution in [2.24, 2.45) is 11.8 Å². The van der Waals surface area contributed by atoms with Crippen molar-refractivity contribution in [3.63, 3.8) is 0 Å². The van der Waals surface area contributed by atoms with Crippen LogP contribution in [0.1, 0.15) is 37.7 Å². The number of nitrogens with one attached hydrogen (secondary N) is 1. The predicted octanol–water partition coefficient (Wildman–Crippen LogP) is 2.66. The van der Waals surface area contributed by atoms with Gasteiger partial charge in [0.1, 0.15) is 0 Å². The minimum atomic E-state index is -0.127. The number of fused-ring (bicyclic) bond motifs is 1. The molecule has 3 rings (SSSR count). The van der Waals surface area contributed by atoms with Gasteiger partial charge in [0.2, 0.25) is 17.7 Å². The maximum Gasteiger partial charge on any atom is 0.233 e. The largest absolute Gasteiger partial charge is 0.355 e. The zero-order valence-corrected chi connectivity index (χ0v) is 15.9. The van der Waals surface area contributed by atoms with Gasteiger partial charge in [0.15, 0.2) is 0 Å². The normalized spacial score (nSPS) is 23.0. The first-order valence-electron chi connectivity index (χ1n) is 8.87. The molecule has 1 aromatic heterocycles. The number of thiophene rings is 1. The third-order valence-electron chi connectivity index (χ3n) is 4.91. The number of rotatable bonds is 8. The number of carbonyl (C=O) groups excluding carboxylic acids is 3. The zero-order chi connectivity index (χ0) is 17.6. The van der Waals surface area contributed by atoms with Crippen LogP contribution < -0.4 is 5.32 Å². The highest BCUT2D eigenvalue weighted by atomic mass is 32.2. The second-order valence-electron chi connectivity index (χ2n) is 6.61. The molecule has 7 heteroatoms. The van der Waals surface area contributed by atoms with E-state index in [1.807, 2.05) is 0 Å². The molecule has 0 aromatic carbocycles. The fourth-order valence-electron chi connectivity index (χ4n) is 3.58. The molecule has 1 aliphatic heterocycles. The molecule has 136 valence electrons. The van der Waals surface area contributed by atoms with Crippen LogP contribution in [0.3, 0.4) is 0 Å². The Labute approximate surface area is 156 Å². The van der Waals surface area contributed by atoms with E-state index in [0.717, 1.165) is 37.2 Å². The Morgan fingerprint density at radius 2 is 1.96 bits per heavy atom. The summed E-state index contributed by atoms with van der Waals surface area (Å²) in [5.41, 5.74) is 1.31. The SMILES string of the molecule is O=C(CCN1C(=O)[C@H]2CCCC[C@H]2C1=O)NCCSCc1ccsc1. The number of imide groups is 1. The van der Waals surface area contributed by atoms with Crippen LogP contribution in [-0.2, 0) is 20.1 Å². The number of hydrogen-bond acceptors (Lipinski definition) is 5. The van der Waals surface area contributed by atoms with E-state index >= 15 is 0 Å². The topological polar surface area (TPSA) is 66.5 Å². The van der Waals surface area contributed by atoms with Crippen LogP contribution in [-0.4, -0.2) is 41.5 Å². The monoisotopic (exact) mass is 380 g/mol. The summed E-state index contributed by atoms with van der Waals surface area (Å²) in [6.45, 7) is 0.833. The lowest BCUT2D eigenvalue weighted by atomic mass is 9.81. The average Bonchev–Trinajstić information content (AvgIpc) is 3.22. The summed E-state index contributed by atoms with van der Waals surface area (Å²) in [5, 5.41) is 7.07. The number of carbonyl (C=O) groups is 3. The summed E-state index contributed by atoms with van der Waals surface area (Å²) in [4.78, 5) is 38.0. The van der Waals surface area contributed by atoms with Gasteiger partial charge in [0.05, 0.1) is 11.8 Å². The summed E-state index contributed by atoms with van der Waals surface area (Å²) in [7, 11) is 0. The number of nitrogens with zero attached hydrogens (tertiary/aromatic N) is 1. The first kappa shape index (κ1) is 18.5. The first-order chi connectivity index (χ1) is 12.2. The van der Waals surface area contributed by atoms with Crippen molar-refractivity contribution < 1.29 is 14.4 Å². The van der Waals surface area contributed by atoms with Gasteiger partial charge in [-0.25, -0.2) is 0 Å². The van der Waals surface area contributed by atoms with E-state index in [9.17, 15) is 14.4 Å². The lowest BCUT2D eigenvalue weighted by Crippen LogP contribution is -2.36. The Morgan fingerprint density at radius 3 is 2.60 bits per heavy atom. The molecule has 5 nitrogen and oxygen atoms in total. The molecule has 25 heavy (non-hydrogen) atoms. The maximum atomic E-state index is 12.3. The average molecular weight is 381 g/mol. The van der Waals surface area contributed by atoms with Crippen LogP contribution in [0, 0.1) is 11.8 Å². The number of hydrogen-bond donors (Lipinski definition) is 1. The van der Waals surface area contributed by atoms with Crippen molar-refractivity contribution in [3.8, 4) is 0 Å². The van der Waals surface area contributed by atoms with E-state index in [1.165, 1.54) is 10.5 Å². The lowest BCUT2D eigenvalue weighted by molar-refractivity contribution is -0.140. The lowest BCUT2D eigenvalue weighted by Gasteiger charge is -2.19. The zero-order valence-electron chi connectivity index (χ0n) is 14.2. The Balaban J connectivity index is 1.33. The Bertz CT molecular complexity index is 594. The molecule has 1 N–H and O–H groups in total. The minimum absolute atomic E-state index is 0.0613. The third-order valence-corrected chi connectivity index (χ3v) is 6.67. The van der Waals surface area contributed by atoms with E-state index < -0.39 is 0 Å². The number of likely N-dealkylation sites (tertiary alicyclic amines) is 1. The molecule has 0 spiro atoms. The van der Waals surface area contributed by atoms with Crippen LogP contribution in [0.2, 0.25) is 0 Å². The molecule has 0 radical (unpaired) electrons.